The van der Waals surface area contributed by atoms with E-state index >= 15 is 0 Å². The summed E-state index contributed by atoms with van der Waals surface area (Å²) in [6.45, 7) is 2.10. The van der Waals surface area contributed by atoms with Gasteiger partial charge in [0.05, 0.1) is 5.52 Å². The second-order valence-corrected chi connectivity index (χ2v) is 5.10. The molecule has 0 aliphatic carbocycles. The average molecular weight is 284 g/mol. The van der Waals surface area contributed by atoms with Gasteiger partial charge in [0, 0.05) is 16.5 Å². The molecule has 100 valence electrons. The van der Waals surface area contributed by atoms with Gasteiger partial charge in [0.1, 0.15) is 12.1 Å². The van der Waals surface area contributed by atoms with Crippen LogP contribution in [-0.2, 0) is 0 Å². The predicted molar refractivity (Wildman–Crippen MR) is 83.0 cm³/mol. The van der Waals surface area contributed by atoms with Crippen molar-refractivity contribution in [3.05, 3.63) is 65.4 Å². The molecule has 3 rings (SSSR count). The van der Waals surface area contributed by atoms with Crippen LogP contribution in [0.2, 0.25) is 5.02 Å². The van der Waals surface area contributed by atoms with Crippen LogP contribution in [0.5, 0.6) is 0 Å². The molecule has 1 unspecified atom stereocenters. The largest absolute Gasteiger partial charge is 0.363 e. The molecule has 20 heavy (non-hydrogen) atoms. The van der Waals surface area contributed by atoms with Crippen molar-refractivity contribution in [1.29, 1.82) is 0 Å². The topological polar surface area (TPSA) is 37.8 Å². The molecule has 0 bridgehead atoms. The molecule has 4 heteroatoms. The zero-order valence-corrected chi connectivity index (χ0v) is 11.8. The maximum absolute atomic E-state index is 6.06. The fraction of sp³-hybridized carbons (Fsp3) is 0.125. The van der Waals surface area contributed by atoms with Gasteiger partial charge in [-0.05, 0) is 30.7 Å². The number of anilines is 1. The van der Waals surface area contributed by atoms with E-state index in [4.69, 9.17) is 11.6 Å². The third kappa shape index (κ3) is 2.58. The second-order valence-electron chi connectivity index (χ2n) is 4.66. The van der Waals surface area contributed by atoms with Crippen molar-refractivity contribution in [3.8, 4) is 0 Å². The van der Waals surface area contributed by atoms with Gasteiger partial charge in [-0.25, -0.2) is 9.97 Å². The van der Waals surface area contributed by atoms with Crippen molar-refractivity contribution in [2.45, 2.75) is 13.0 Å². The Hall–Kier alpha value is -2.13. The number of hydrogen-bond acceptors (Lipinski definition) is 3. The van der Waals surface area contributed by atoms with E-state index in [2.05, 4.69) is 34.3 Å². The average Bonchev–Trinajstić information content (AvgIpc) is 2.49. The van der Waals surface area contributed by atoms with E-state index in [9.17, 15) is 0 Å². The van der Waals surface area contributed by atoms with Gasteiger partial charge in [-0.2, -0.15) is 0 Å². The zero-order chi connectivity index (χ0) is 13.9. The lowest BCUT2D eigenvalue weighted by atomic mass is 10.1. The van der Waals surface area contributed by atoms with Gasteiger partial charge in [-0.15, -0.1) is 0 Å². The predicted octanol–water partition coefficient (Wildman–Crippen LogP) is 4.46. The lowest BCUT2D eigenvalue weighted by Crippen LogP contribution is -2.08. The Morgan fingerprint density at radius 1 is 1.05 bits per heavy atom. The maximum atomic E-state index is 6.06. The first-order chi connectivity index (χ1) is 9.74. The minimum absolute atomic E-state index is 0.160. The van der Waals surface area contributed by atoms with Crippen molar-refractivity contribution in [1.82, 2.24) is 9.97 Å². The number of nitrogens with one attached hydrogen (secondary N) is 1. The highest BCUT2D eigenvalue weighted by molar-refractivity contribution is 6.31. The molecule has 1 heterocycles. The number of halogens is 1. The summed E-state index contributed by atoms with van der Waals surface area (Å²) in [5, 5.41) is 5.03. The first-order valence-electron chi connectivity index (χ1n) is 6.46. The summed E-state index contributed by atoms with van der Waals surface area (Å²) in [7, 11) is 0. The molecule has 2 aromatic carbocycles. The van der Waals surface area contributed by atoms with E-state index < -0.39 is 0 Å². The molecular formula is C16H14ClN3. The van der Waals surface area contributed by atoms with Crippen molar-refractivity contribution >= 4 is 28.3 Å². The molecule has 0 aliphatic rings. The van der Waals surface area contributed by atoms with Crippen LogP contribution < -0.4 is 5.32 Å². The molecule has 0 fully saturated rings. The monoisotopic (exact) mass is 283 g/mol. The molecule has 3 aromatic rings. The molecule has 0 spiro atoms. The van der Waals surface area contributed by atoms with Crippen LogP contribution in [0.4, 0.5) is 5.82 Å². The van der Waals surface area contributed by atoms with E-state index in [-0.39, 0.29) is 6.04 Å². The Morgan fingerprint density at radius 3 is 2.65 bits per heavy atom. The van der Waals surface area contributed by atoms with E-state index in [1.54, 1.807) is 6.33 Å². The summed E-state index contributed by atoms with van der Waals surface area (Å²) in [6, 6.07) is 16.0. The molecule has 0 saturated carbocycles. The van der Waals surface area contributed by atoms with Crippen molar-refractivity contribution in [3.63, 3.8) is 0 Å². The molecule has 0 radical (unpaired) electrons. The number of aromatic nitrogens is 2. The highest BCUT2D eigenvalue weighted by Crippen LogP contribution is 2.26. The van der Waals surface area contributed by atoms with Gasteiger partial charge in [-0.1, -0.05) is 41.9 Å². The van der Waals surface area contributed by atoms with Crippen LogP contribution in [0.25, 0.3) is 10.9 Å². The van der Waals surface area contributed by atoms with Crippen LogP contribution in [0.3, 0.4) is 0 Å². The second kappa shape index (κ2) is 5.47. The van der Waals surface area contributed by atoms with Crippen LogP contribution in [-0.4, -0.2) is 9.97 Å². The van der Waals surface area contributed by atoms with Crippen molar-refractivity contribution < 1.29 is 0 Å². The van der Waals surface area contributed by atoms with E-state index in [1.165, 1.54) is 5.56 Å². The summed E-state index contributed by atoms with van der Waals surface area (Å²) in [5.41, 5.74) is 2.09. The zero-order valence-electron chi connectivity index (χ0n) is 11.0. The summed E-state index contributed by atoms with van der Waals surface area (Å²) in [6.07, 6.45) is 1.57. The Bertz CT molecular complexity index is 728. The van der Waals surface area contributed by atoms with E-state index in [0.29, 0.717) is 5.02 Å². The normalized spacial score (nSPS) is 12.3. The molecule has 1 atom stereocenters. The van der Waals surface area contributed by atoms with Gasteiger partial charge in [0.25, 0.3) is 0 Å². The van der Waals surface area contributed by atoms with Gasteiger partial charge < -0.3 is 5.32 Å². The Labute approximate surface area is 122 Å². The van der Waals surface area contributed by atoms with Crippen LogP contribution >= 0.6 is 11.6 Å². The molecule has 0 amide bonds. The quantitative estimate of drug-likeness (QED) is 0.771. The summed E-state index contributed by atoms with van der Waals surface area (Å²) in [5.74, 6) is 0.800. The number of benzene rings is 2. The van der Waals surface area contributed by atoms with Gasteiger partial charge in [-0.3, -0.25) is 0 Å². The fourth-order valence-corrected chi connectivity index (χ4v) is 2.35. The Balaban J connectivity index is 1.97. The SMILES string of the molecule is CC(Nc1ncnc2ccc(Cl)cc12)c1ccccc1. The van der Waals surface area contributed by atoms with E-state index in [1.807, 2.05) is 36.4 Å². The summed E-state index contributed by atoms with van der Waals surface area (Å²) < 4.78 is 0. The smallest absolute Gasteiger partial charge is 0.137 e. The summed E-state index contributed by atoms with van der Waals surface area (Å²) >= 11 is 6.06. The molecule has 1 aromatic heterocycles. The Kier molecular flexibility index (Phi) is 3.52. The summed E-state index contributed by atoms with van der Waals surface area (Å²) in [4.78, 5) is 8.59. The first kappa shape index (κ1) is 12.9. The molecule has 0 saturated heterocycles. The molecule has 3 nitrogen and oxygen atoms in total. The van der Waals surface area contributed by atoms with Gasteiger partial charge >= 0.3 is 0 Å². The Morgan fingerprint density at radius 2 is 1.85 bits per heavy atom. The number of hydrogen-bond donors (Lipinski definition) is 1. The van der Waals surface area contributed by atoms with Crippen LogP contribution in [0, 0.1) is 0 Å². The minimum atomic E-state index is 0.160. The van der Waals surface area contributed by atoms with Gasteiger partial charge in [0.15, 0.2) is 0 Å². The lowest BCUT2D eigenvalue weighted by Gasteiger charge is -2.16. The highest BCUT2D eigenvalue weighted by Gasteiger charge is 2.09. The molecule has 1 N–H and O–H groups in total. The van der Waals surface area contributed by atoms with Gasteiger partial charge in [0.2, 0.25) is 0 Å². The molecule has 0 aliphatic heterocycles. The third-order valence-corrected chi connectivity index (χ3v) is 3.49. The third-order valence-electron chi connectivity index (χ3n) is 3.25. The highest BCUT2D eigenvalue weighted by atomic mass is 35.5. The number of fused-ring (bicyclic) bond motifs is 1. The maximum Gasteiger partial charge on any atom is 0.137 e. The fourth-order valence-electron chi connectivity index (χ4n) is 2.17. The number of nitrogens with zero attached hydrogens (tertiary/aromatic N) is 2. The van der Waals surface area contributed by atoms with Crippen molar-refractivity contribution in [2.24, 2.45) is 0 Å². The van der Waals surface area contributed by atoms with Crippen molar-refractivity contribution in [2.75, 3.05) is 5.32 Å². The molecular weight excluding hydrogens is 270 g/mol. The minimum Gasteiger partial charge on any atom is -0.363 e. The van der Waals surface area contributed by atoms with Crippen LogP contribution in [0.1, 0.15) is 18.5 Å². The lowest BCUT2D eigenvalue weighted by molar-refractivity contribution is 0.876. The number of rotatable bonds is 3. The van der Waals surface area contributed by atoms with Crippen LogP contribution in [0.15, 0.2) is 54.9 Å². The standard InChI is InChI=1S/C16H14ClN3/c1-11(12-5-3-2-4-6-12)20-16-14-9-13(17)7-8-15(14)18-10-19-16/h2-11H,1H3,(H,18,19,20). The van der Waals surface area contributed by atoms with E-state index in [0.717, 1.165) is 16.7 Å². The first-order valence-corrected chi connectivity index (χ1v) is 6.83.